The van der Waals surface area contributed by atoms with Gasteiger partial charge in [-0.2, -0.15) is 5.10 Å². The summed E-state index contributed by atoms with van der Waals surface area (Å²) in [6.45, 7) is 11.4. The molecule has 1 fully saturated rings. The predicted octanol–water partition coefficient (Wildman–Crippen LogP) is 4.37. The van der Waals surface area contributed by atoms with Gasteiger partial charge in [-0.3, -0.25) is 9.48 Å². The topological polar surface area (TPSA) is 56.1 Å². The molecule has 1 N–H and O–H groups in total. The number of carbonyl (C=O) groups is 1. The van der Waals surface area contributed by atoms with Gasteiger partial charge in [-0.25, -0.2) is 0 Å². The molecule has 0 spiro atoms. The molecule has 1 aliphatic carbocycles. The van der Waals surface area contributed by atoms with Crippen LogP contribution in [-0.4, -0.2) is 21.8 Å². The van der Waals surface area contributed by atoms with Crippen molar-refractivity contribution in [2.24, 2.45) is 0 Å². The molecule has 3 rings (SSSR count). The minimum absolute atomic E-state index is 0.125. The molecule has 2 aromatic rings. The highest BCUT2D eigenvalue weighted by Gasteiger charge is 2.32. The van der Waals surface area contributed by atoms with Crippen molar-refractivity contribution in [3.63, 3.8) is 0 Å². The third-order valence-electron chi connectivity index (χ3n) is 4.73. The van der Waals surface area contributed by atoms with Gasteiger partial charge < -0.3 is 10.1 Å². The normalized spacial score (nSPS) is 14.6. The van der Waals surface area contributed by atoms with E-state index in [1.165, 1.54) is 18.5 Å². The van der Waals surface area contributed by atoms with Crippen LogP contribution in [0.4, 0.5) is 0 Å². The predicted molar refractivity (Wildman–Crippen MR) is 107 cm³/mol. The first-order valence-electron chi connectivity index (χ1n) is 9.82. The van der Waals surface area contributed by atoms with E-state index in [4.69, 9.17) is 4.74 Å². The Morgan fingerprint density at radius 1 is 1.26 bits per heavy atom. The second-order valence-corrected chi connectivity index (χ2v) is 8.62. The van der Waals surface area contributed by atoms with E-state index in [-0.39, 0.29) is 17.6 Å². The van der Waals surface area contributed by atoms with Crippen LogP contribution in [0.15, 0.2) is 30.3 Å². The molecule has 1 aromatic carbocycles. The van der Waals surface area contributed by atoms with E-state index in [0.29, 0.717) is 24.8 Å². The molecule has 1 heterocycles. The van der Waals surface area contributed by atoms with Gasteiger partial charge in [0, 0.05) is 18.2 Å². The van der Waals surface area contributed by atoms with Crippen LogP contribution in [0.25, 0.3) is 0 Å². The largest absolute Gasteiger partial charge is 0.374 e. The zero-order valence-corrected chi connectivity index (χ0v) is 17.1. The summed E-state index contributed by atoms with van der Waals surface area (Å²) in [4.78, 5) is 12.7. The van der Waals surface area contributed by atoms with E-state index in [2.05, 4.69) is 31.2 Å². The molecule has 0 bridgehead atoms. The first-order chi connectivity index (χ1) is 12.8. The minimum Gasteiger partial charge on any atom is -0.374 e. The lowest BCUT2D eigenvalue weighted by Crippen LogP contribution is -2.27. The zero-order valence-electron chi connectivity index (χ0n) is 17.1. The van der Waals surface area contributed by atoms with Crippen LogP contribution in [0.5, 0.6) is 0 Å². The van der Waals surface area contributed by atoms with Crippen molar-refractivity contribution in [1.82, 2.24) is 15.1 Å². The maximum atomic E-state index is 12.7. The smallest absolute Gasteiger partial charge is 0.272 e. The van der Waals surface area contributed by atoms with E-state index in [1.807, 2.05) is 48.9 Å². The number of carbonyl (C=O) groups excluding carboxylic acids is 1. The molecule has 0 saturated heterocycles. The quantitative estimate of drug-likeness (QED) is 0.788. The van der Waals surface area contributed by atoms with Crippen LogP contribution in [0.3, 0.4) is 0 Å². The maximum Gasteiger partial charge on any atom is 0.272 e. The van der Waals surface area contributed by atoms with Gasteiger partial charge in [-0.15, -0.1) is 0 Å². The summed E-state index contributed by atoms with van der Waals surface area (Å²) in [7, 11) is 0. The van der Waals surface area contributed by atoms with Gasteiger partial charge in [0.2, 0.25) is 0 Å². The van der Waals surface area contributed by atoms with Crippen LogP contribution in [-0.2, 0) is 23.4 Å². The first-order valence-corrected chi connectivity index (χ1v) is 9.82. The Morgan fingerprint density at radius 3 is 2.52 bits per heavy atom. The Hall–Kier alpha value is -2.14. The number of hydrogen-bond donors (Lipinski definition) is 1. The number of aromatic nitrogens is 2. The van der Waals surface area contributed by atoms with Crippen molar-refractivity contribution in [2.45, 2.75) is 78.2 Å². The number of rotatable bonds is 7. The summed E-state index contributed by atoms with van der Waals surface area (Å²) >= 11 is 0. The Kier molecular flexibility index (Phi) is 5.70. The Labute approximate surface area is 162 Å². The van der Waals surface area contributed by atoms with Crippen molar-refractivity contribution in [2.75, 3.05) is 0 Å². The number of ether oxygens (including phenoxy) is 1. The Morgan fingerprint density at radius 2 is 1.93 bits per heavy atom. The lowest BCUT2D eigenvalue weighted by Gasteiger charge is -2.22. The van der Waals surface area contributed by atoms with Gasteiger partial charge in [0.15, 0.2) is 0 Å². The lowest BCUT2D eigenvalue weighted by molar-refractivity contribution is 0.0651. The van der Waals surface area contributed by atoms with E-state index < -0.39 is 0 Å². The zero-order chi connectivity index (χ0) is 19.6. The highest BCUT2D eigenvalue weighted by molar-refractivity contribution is 5.92. The molecule has 0 atom stereocenters. The molecule has 1 saturated carbocycles. The fraction of sp³-hybridized carbons (Fsp3) is 0.545. The molecular weight excluding hydrogens is 338 g/mol. The Bertz CT molecular complexity index is 798. The van der Waals surface area contributed by atoms with Gasteiger partial charge in [-0.1, -0.05) is 24.3 Å². The standard InChI is InChI=1S/C22H31N3O2/c1-15(2)27-14-18-9-7-6-8-17(18)13-23-21(26)19-12-20(16-10-11-16)25(24-19)22(3,4)5/h6-9,12,15-16H,10-11,13-14H2,1-5H3,(H,23,26). The molecule has 27 heavy (non-hydrogen) atoms. The molecule has 0 unspecified atom stereocenters. The average Bonchev–Trinajstić information content (AvgIpc) is 3.35. The van der Waals surface area contributed by atoms with E-state index in [1.54, 1.807) is 0 Å². The van der Waals surface area contributed by atoms with E-state index >= 15 is 0 Å². The Balaban J connectivity index is 1.70. The highest BCUT2D eigenvalue weighted by atomic mass is 16.5. The summed E-state index contributed by atoms with van der Waals surface area (Å²) in [6, 6.07) is 10.0. The summed E-state index contributed by atoms with van der Waals surface area (Å²) < 4.78 is 7.74. The molecule has 1 aromatic heterocycles. The van der Waals surface area contributed by atoms with Gasteiger partial charge in [0.1, 0.15) is 5.69 Å². The SMILES string of the molecule is CC(C)OCc1ccccc1CNC(=O)c1cc(C2CC2)n(C(C)(C)C)n1. The van der Waals surface area contributed by atoms with Crippen LogP contribution in [0.1, 0.15) is 80.7 Å². The summed E-state index contributed by atoms with van der Waals surface area (Å²) in [5.74, 6) is 0.423. The van der Waals surface area contributed by atoms with Crippen molar-refractivity contribution in [1.29, 1.82) is 0 Å². The van der Waals surface area contributed by atoms with Crippen molar-refractivity contribution < 1.29 is 9.53 Å². The summed E-state index contributed by atoms with van der Waals surface area (Å²) in [6.07, 6.45) is 2.55. The van der Waals surface area contributed by atoms with Gasteiger partial charge in [-0.05, 0) is 64.7 Å². The van der Waals surface area contributed by atoms with Crippen molar-refractivity contribution >= 4 is 5.91 Å². The summed E-state index contributed by atoms with van der Waals surface area (Å²) in [5, 5.41) is 7.64. The fourth-order valence-electron chi connectivity index (χ4n) is 3.11. The molecule has 1 aliphatic rings. The number of benzene rings is 1. The van der Waals surface area contributed by atoms with Crippen LogP contribution in [0.2, 0.25) is 0 Å². The average molecular weight is 370 g/mol. The van der Waals surface area contributed by atoms with E-state index in [9.17, 15) is 4.79 Å². The van der Waals surface area contributed by atoms with Gasteiger partial charge in [0.05, 0.1) is 18.2 Å². The molecule has 5 heteroatoms. The second kappa shape index (κ2) is 7.85. The third-order valence-corrected chi connectivity index (χ3v) is 4.73. The molecule has 146 valence electrons. The minimum atomic E-state index is -0.128. The molecular formula is C22H31N3O2. The van der Waals surface area contributed by atoms with Crippen molar-refractivity contribution in [3.05, 3.63) is 52.8 Å². The first kappa shape index (κ1) is 19.6. The van der Waals surface area contributed by atoms with Gasteiger partial charge in [0.25, 0.3) is 5.91 Å². The van der Waals surface area contributed by atoms with Gasteiger partial charge >= 0.3 is 0 Å². The number of nitrogens with zero attached hydrogens (tertiary/aromatic N) is 2. The van der Waals surface area contributed by atoms with Crippen LogP contribution < -0.4 is 5.32 Å². The molecule has 5 nitrogen and oxygen atoms in total. The molecule has 0 radical (unpaired) electrons. The third kappa shape index (κ3) is 4.98. The lowest BCUT2D eigenvalue weighted by atomic mass is 10.1. The monoisotopic (exact) mass is 369 g/mol. The molecule has 1 amide bonds. The second-order valence-electron chi connectivity index (χ2n) is 8.62. The fourth-order valence-corrected chi connectivity index (χ4v) is 3.11. The number of hydrogen-bond acceptors (Lipinski definition) is 3. The van der Waals surface area contributed by atoms with Crippen molar-refractivity contribution in [3.8, 4) is 0 Å². The van der Waals surface area contributed by atoms with E-state index in [0.717, 1.165) is 11.1 Å². The maximum absolute atomic E-state index is 12.7. The highest BCUT2D eigenvalue weighted by Crippen LogP contribution is 2.41. The van der Waals surface area contributed by atoms with Crippen LogP contribution >= 0.6 is 0 Å². The summed E-state index contributed by atoms with van der Waals surface area (Å²) in [5.41, 5.74) is 3.73. The number of amides is 1. The number of nitrogens with one attached hydrogen (secondary N) is 1. The molecule has 0 aliphatic heterocycles. The van der Waals surface area contributed by atoms with Crippen LogP contribution in [0, 0.1) is 0 Å².